The molecule has 0 heterocycles. The van der Waals surface area contributed by atoms with Crippen molar-refractivity contribution < 1.29 is 14.3 Å². The number of carbonyl (C=O) groups is 1. The highest BCUT2D eigenvalue weighted by molar-refractivity contribution is 5.68. The number of ether oxygens (including phenoxy) is 2. The molecule has 1 aliphatic rings. The van der Waals surface area contributed by atoms with Crippen LogP contribution < -0.4 is 10.1 Å². The molecule has 0 saturated heterocycles. The largest absolute Gasteiger partial charge is 0.457 e. The number of carbonyl (C=O) groups excluding carboxylic acids is 1. The lowest BCUT2D eigenvalue weighted by Gasteiger charge is -2.13. The Labute approximate surface area is 134 Å². The summed E-state index contributed by atoms with van der Waals surface area (Å²) < 4.78 is 10.9. The van der Waals surface area contributed by atoms with E-state index in [1.54, 1.807) is 24.3 Å². The molecule has 1 aliphatic carbocycles. The summed E-state index contributed by atoms with van der Waals surface area (Å²) in [5, 5.41) is 12.0. The van der Waals surface area contributed by atoms with Gasteiger partial charge in [-0.05, 0) is 37.1 Å². The Hall–Kier alpha value is -3.00. The summed E-state index contributed by atoms with van der Waals surface area (Å²) in [6.45, 7) is 0. The van der Waals surface area contributed by atoms with Gasteiger partial charge in [-0.3, -0.25) is 0 Å². The Bertz CT molecular complexity index is 721. The molecule has 3 rings (SSSR count). The Morgan fingerprint density at radius 3 is 2.57 bits per heavy atom. The van der Waals surface area contributed by atoms with E-state index < -0.39 is 12.2 Å². The summed E-state index contributed by atoms with van der Waals surface area (Å²) >= 11 is 0. The van der Waals surface area contributed by atoms with Gasteiger partial charge in [0.1, 0.15) is 17.6 Å². The summed E-state index contributed by atoms with van der Waals surface area (Å²) in [4.78, 5) is 11.7. The van der Waals surface area contributed by atoms with Crippen LogP contribution in [0.15, 0.2) is 54.6 Å². The maximum absolute atomic E-state index is 11.7. The second-order valence-electron chi connectivity index (χ2n) is 5.32. The molecule has 5 heteroatoms. The first kappa shape index (κ1) is 14.9. The molecule has 1 fully saturated rings. The topological polar surface area (TPSA) is 71.3 Å². The summed E-state index contributed by atoms with van der Waals surface area (Å²) in [5.74, 6) is 1.28. The standard InChI is InChI=1S/C18H16N2O3/c19-12-17(23-18(21)20-14-9-10-14)13-5-4-8-16(11-13)22-15-6-2-1-3-7-15/h1-8,11,14,17H,9-10H2,(H,20,21). The van der Waals surface area contributed by atoms with Gasteiger partial charge < -0.3 is 14.8 Å². The second kappa shape index (κ2) is 6.84. The van der Waals surface area contributed by atoms with Crippen LogP contribution in [0.3, 0.4) is 0 Å². The number of hydrogen-bond donors (Lipinski definition) is 1. The summed E-state index contributed by atoms with van der Waals surface area (Å²) in [7, 11) is 0. The highest BCUT2D eigenvalue weighted by Gasteiger charge is 2.26. The Balaban J connectivity index is 1.69. The lowest BCUT2D eigenvalue weighted by molar-refractivity contribution is 0.122. The number of alkyl carbamates (subject to hydrolysis) is 1. The van der Waals surface area contributed by atoms with E-state index in [1.807, 2.05) is 36.4 Å². The average Bonchev–Trinajstić information content (AvgIpc) is 3.38. The van der Waals surface area contributed by atoms with E-state index in [2.05, 4.69) is 5.32 Å². The molecule has 1 saturated carbocycles. The lowest BCUT2D eigenvalue weighted by atomic mass is 10.1. The molecular weight excluding hydrogens is 292 g/mol. The highest BCUT2D eigenvalue weighted by Crippen LogP contribution is 2.26. The van der Waals surface area contributed by atoms with Crippen LogP contribution in [-0.4, -0.2) is 12.1 Å². The van der Waals surface area contributed by atoms with Crippen LogP contribution in [0.4, 0.5) is 4.79 Å². The zero-order chi connectivity index (χ0) is 16.1. The third-order valence-electron chi connectivity index (χ3n) is 3.38. The van der Waals surface area contributed by atoms with Crippen molar-refractivity contribution in [3.63, 3.8) is 0 Å². The fraction of sp³-hybridized carbons (Fsp3) is 0.222. The summed E-state index contributed by atoms with van der Waals surface area (Å²) in [6, 6.07) is 18.5. The van der Waals surface area contributed by atoms with Crippen molar-refractivity contribution in [3.05, 3.63) is 60.2 Å². The van der Waals surface area contributed by atoms with Crippen LogP contribution in [0, 0.1) is 11.3 Å². The second-order valence-corrected chi connectivity index (χ2v) is 5.32. The first-order chi connectivity index (χ1) is 11.2. The van der Waals surface area contributed by atoms with Crippen molar-refractivity contribution in [1.82, 2.24) is 5.32 Å². The molecule has 2 aromatic carbocycles. The Kier molecular flexibility index (Phi) is 4.44. The zero-order valence-electron chi connectivity index (χ0n) is 12.4. The van der Waals surface area contributed by atoms with E-state index in [9.17, 15) is 10.1 Å². The highest BCUT2D eigenvalue weighted by atomic mass is 16.6. The van der Waals surface area contributed by atoms with Crippen molar-refractivity contribution in [2.75, 3.05) is 0 Å². The van der Waals surface area contributed by atoms with Gasteiger partial charge in [0.05, 0.1) is 0 Å². The van der Waals surface area contributed by atoms with Crippen molar-refractivity contribution in [2.45, 2.75) is 25.0 Å². The van der Waals surface area contributed by atoms with Crippen LogP contribution in [0.1, 0.15) is 24.5 Å². The number of nitriles is 1. The van der Waals surface area contributed by atoms with Gasteiger partial charge in [-0.2, -0.15) is 5.26 Å². The van der Waals surface area contributed by atoms with E-state index in [0.717, 1.165) is 12.8 Å². The van der Waals surface area contributed by atoms with E-state index in [0.29, 0.717) is 17.1 Å². The fourth-order valence-electron chi connectivity index (χ4n) is 2.07. The number of hydrogen-bond acceptors (Lipinski definition) is 4. The van der Waals surface area contributed by atoms with Gasteiger partial charge >= 0.3 is 6.09 Å². The monoisotopic (exact) mass is 308 g/mol. The van der Waals surface area contributed by atoms with Crippen LogP contribution in [0.2, 0.25) is 0 Å². The molecule has 0 bridgehead atoms. The molecule has 0 aliphatic heterocycles. The molecule has 1 atom stereocenters. The van der Waals surface area contributed by atoms with E-state index >= 15 is 0 Å². The van der Waals surface area contributed by atoms with Gasteiger partial charge in [-0.25, -0.2) is 4.79 Å². The SMILES string of the molecule is N#CC(OC(=O)NC1CC1)c1cccc(Oc2ccccc2)c1. The molecule has 23 heavy (non-hydrogen) atoms. The number of benzene rings is 2. The minimum atomic E-state index is -0.965. The number of amides is 1. The van der Waals surface area contributed by atoms with Crippen molar-refractivity contribution in [1.29, 1.82) is 5.26 Å². The lowest BCUT2D eigenvalue weighted by Crippen LogP contribution is -2.27. The van der Waals surface area contributed by atoms with Crippen LogP contribution in [0.5, 0.6) is 11.5 Å². The molecule has 0 spiro atoms. The van der Waals surface area contributed by atoms with Gasteiger partial charge in [-0.15, -0.1) is 0 Å². The predicted octanol–water partition coefficient (Wildman–Crippen LogP) is 3.93. The first-order valence-corrected chi connectivity index (χ1v) is 7.44. The number of para-hydroxylation sites is 1. The number of nitrogens with one attached hydrogen (secondary N) is 1. The van der Waals surface area contributed by atoms with Crippen LogP contribution in [0.25, 0.3) is 0 Å². The minimum absolute atomic E-state index is 0.189. The van der Waals surface area contributed by atoms with Crippen molar-refractivity contribution in [3.8, 4) is 17.6 Å². The molecular formula is C18H16N2O3. The van der Waals surface area contributed by atoms with Crippen molar-refractivity contribution in [2.24, 2.45) is 0 Å². The molecule has 1 amide bonds. The summed E-state index contributed by atoms with van der Waals surface area (Å²) in [6.07, 6.45) is 0.404. The van der Waals surface area contributed by atoms with Crippen LogP contribution >= 0.6 is 0 Å². The molecule has 2 aromatic rings. The quantitative estimate of drug-likeness (QED) is 0.908. The maximum atomic E-state index is 11.7. The van der Waals surface area contributed by atoms with Crippen LogP contribution in [-0.2, 0) is 4.74 Å². The average molecular weight is 308 g/mol. The predicted molar refractivity (Wildman–Crippen MR) is 84.0 cm³/mol. The van der Waals surface area contributed by atoms with E-state index in [1.165, 1.54) is 0 Å². The molecule has 5 nitrogen and oxygen atoms in total. The molecule has 116 valence electrons. The Morgan fingerprint density at radius 1 is 1.13 bits per heavy atom. The minimum Gasteiger partial charge on any atom is -0.457 e. The van der Waals surface area contributed by atoms with E-state index in [-0.39, 0.29) is 6.04 Å². The third kappa shape index (κ3) is 4.24. The molecule has 0 radical (unpaired) electrons. The molecule has 0 aromatic heterocycles. The Morgan fingerprint density at radius 2 is 1.87 bits per heavy atom. The maximum Gasteiger partial charge on any atom is 0.409 e. The normalized spacial score (nSPS) is 14.4. The molecule has 1 unspecified atom stereocenters. The van der Waals surface area contributed by atoms with Gasteiger partial charge in [0, 0.05) is 11.6 Å². The van der Waals surface area contributed by atoms with E-state index in [4.69, 9.17) is 9.47 Å². The van der Waals surface area contributed by atoms with Gasteiger partial charge in [0.15, 0.2) is 0 Å². The van der Waals surface area contributed by atoms with Crippen molar-refractivity contribution >= 4 is 6.09 Å². The zero-order valence-corrected chi connectivity index (χ0v) is 12.4. The fourth-order valence-corrected chi connectivity index (χ4v) is 2.07. The first-order valence-electron chi connectivity index (χ1n) is 7.44. The molecule has 1 N–H and O–H groups in total. The summed E-state index contributed by atoms with van der Waals surface area (Å²) in [5.41, 5.74) is 0.576. The number of nitrogens with zero attached hydrogens (tertiary/aromatic N) is 1. The number of rotatable bonds is 5. The smallest absolute Gasteiger partial charge is 0.409 e. The third-order valence-corrected chi connectivity index (χ3v) is 3.38. The van der Waals surface area contributed by atoms with Gasteiger partial charge in [-0.1, -0.05) is 30.3 Å². The van der Waals surface area contributed by atoms with Gasteiger partial charge in [0.2, 0.25) is 6.10 Å². The van der Waals surface area contributed by atoms with Gasteiger partial charge in [0.25, 0.3) is 0 Å².